The average Bonchev–Trinajstić information content (AvgIpc) is 3.52. The number of hydrogen-bond acceptors (Lipinski definition) is 5. The fraction of sp³-hybridized carbons (Fsp3) is 0.481. The minimum Gasteiger partial charge on any atom is -0.450 e. The number of hydrogen-bond donors (Lipinski definition) is 0. The van der Waals surface area contributed by atoms with Gasteiger partial charge in [0.25, 0.3) is 0 Å². The molecule has 0 N–H and O–H groups in total. The molecule has 0 aliphatic carbocycles. The number of anilines is 1. The molecule has 1 atom stereocenters. The first-order valence-electron chi connectivity index (χ1n) is 12.5. The summed E-state index contributed by atoms with van der Waals surface area (Å²) in [6.07, 6.45) is 4.99. The van der Waals surface area contributed by atoms with Gasteiger partial charge in [0.1, 0.15) is 0 Å². The lowest BCUT2D eigenvalue weighted by Crippen LogP contribution is -2.49. The van der Waals surface area contributed by atoms with Crippen LogP contribution < -0.4 is 4.90 Å². The van der Waals surface area contributed by atoms with Crippen molar-refractivity contribution in [2.75, 3.05) is 50.8 Å². The second-order valence-electron chi connectivity index (χ2n) is 9.64. The lowest BCUT2D eigenvalue weighted by atomic mass is 9.96. The molecule has 5 rings (SSSR count). The summed E-state index contributed by atoms with van der Waals surface area (Å²) in [7, 11) is 0. The number of fused-ring (bicyclic) bond motifs is 1. The summed E-state index contributed by atoms with van der Waals surface area (Å²) in [4.78, 5) is 18.7. The lowest BCUT2D eigenvalue weighted by molar-refractivity contribution is 0.105. The van der Waals surface area contributed by atoms with Gasteiger partial charge in [-0.05, 0) is 62.9 Å². The molecule has 2 saturated heterocycles. The van der Waals surface area contributed by atoms with Crippen LogP contribution >= 0.6 is 0 Å². The predicted octanol–water partition coefficient (Wildman–Crippen LogP) is 4.48. The van der Waals surface area contributed by atoms with Crippen molar-refractivity contribution in [2.45, 2.75) is 39.2 Å². The van der Waals surface area contributed by atoms with Gasteiger partial charge >= 0.3 is 6.09 Å². The maximum Gasteiger partial charge on any atom is 0.409 e. The van der Waals surface area contributed by atoms with Gasteiger partial charge in [-0.3, -0.25) is 0 Å². The summed E-state index contributed by atoms with van der Waals surface area (Å²) < 4.78 is 7.12. The molecule has 2 aromatic heterocycles. The van der Waals surface area contributed by atoms with Crippen LogP contribution in [0.5, 0.6) is 0 Å². The minimum absolute atomic E-state index is 0.218. The highest BCUT2D eigenvalue weighted by Crippen LogP contribution is 2.32. The van der Waals surface area contributed by atoms with Gasteiger partial charge in [0.2, 0.25) is 0 Å². The van der Waals surface area contributed by atoms with Gasteiger partial charge in [-0.1, -0.05) is 24.3 Å². The molecule has 7 nitrogen and oxygen atoms in total. The number of carbonyl (C=O) groups excluding carboxylic acids is 1. The van der Waals surface area contributed by atoms with Gasteiger partial charge in [0, 0.05) is 56.7 Å². The number of benzene rings is 1. The van der Waals surface area contributed by atoms with Gasteiger partial charge in [0.05, 0.1) is 17.8 Å². The lowest BCUT2D eigenvalue weighted by Gasteiger charge is -2.35. The largest absolute Gasteiger partial charge is 0.450 e. The standard InChI is InChI=1S/C27H35N5O2/c1-4-34-27(33)30-15-13-29(14-16-30)25-9-11-28-32-19-24(17-26(25)32)22-7-5-21(6-8-22)23-10-12-31(18-23)20(2)3/h5-9,11,17,19-20,23H,4,10,12-16,18H2,1-3H3/t23-/m0/s1. The van der Waals surface area contributed by atoms with Gasteiger partial charge in [-0.25, -0.2) is 9.31 Å². The maximum absolute atomic E-state index is 12.0. The summed E-state index contributed by atoms with van der Waals surface area (Å²) in [6.45, 7) is 12.1. The van der Waals surface area contributed by atoms with Crippen molar-refractivity contribution in [3.63, 3.8) is 0 Å². The van der Waals surface area contributed by atoms with Crippen molar-refractivity contribution in [2.24, 2.45) is 0 Å². The number of amides is 1. The van der Waals surface area contributed by atoms with Crippen molar-refractivity contribution in [1.82, 2.24) is 19.4 Å². The number of rotatable bonds is 5. The Morgan fingerprint density at radius 3 is 2.50 bits per heavy atom. The summed E-state index contributed by atoms with van der Waals surface area (Å²) in [5.41, 5.74) is 6.07. The van der Waals surface area contributed by atoms with E-state index in [1.54, 1.807) is 4.90 Å². The molecule has 0 spiro atoms. The van der Waals surface area contributed by atoms with Crippen molar-refractivity contribution in [3.8, 4) is 11.1 Å². The molecule has 0 radical (unpaired) electrons. The first-order chi connectivity index (χ1) is 16.5. The second-order valence-corrected chi connectivity index (χ2v) is 9.64. The molecule has 0 unspecified atom stereocenters. The zero-order valence-electron chi connectivity index (χ0n) is 20.5. The Balaban J connectivity index is 1.32. The van der Waals surface area contributed by atoms with E-state index in [1.165, 1.54) is 29.7 Å². The summed E-state index contributed by atoms with van der Waals surface area (Å²) >= 11 is 0. The number of aromatic nitrogens is 2. The molecule has 180 valence electrons. The Morgan fingerprint density at radius 1 is 1.06 bits per heavy atom. The van der Waals surface area contributed by atoms with Crippen LogP contribution in [0.25, 0.3) is 16.6 Å². The smallest absolute Gasteiger partial charge is 0.409 e. The SMILES string of the molecule is CCOC(=O)N1CCN(c2ccnn3cc(-c4ccc([C@H]5CCN(C(C)C)C5)cc4)cc23)CC1. The molecule has 3 aromatic rings. The van der Waals surface area contributed by atoms with Crippen molar-refractivity contribution < 1.29 is 9.53 Å². The zero-order chi connectivity index (χ0) is 23.7. The van der Waals surface area contributed by atoms with E-state index in [2.05, 4.69) is 71.3 Å². The highest BCUT2D eigenvalue weighted by Gasteiger charge is 2.26. The number of carbonyl (C=O) groups is 1. The fourth-order valence-corrected chi connectivity index (χ4v) is 5.25. The summed E-state index contributed by atoms with van der Waals surface area (Å²) in [5.74, 6) is 0.631. The Morgan fingerprint density at radius 2 is 1.82 bits per heavy atom. The van der Waals surface area contributed by atoms with Crippen LogP contribution in [0.4, 0.5) is 10.5 Å². The van der Waals surface area contributed by atoms with Crippen LogP contribution in [0, 0.1) is 0 Å². The van der Waals surface area contributed by atoms with E-state index in [0.29, 0.717) is 31.7 Å². The summed E-state index contributed by atoms with van der Waals surface area (Å²) in [6, 6.07) is 14.0. The van der Waals surface area contributed by atoms with Crippen LogP contribution in [0.15, 0.2) is 48.8 Å². The Bertz CT molecular complexity index is 1130. The molecule has 0 bridgehead atoms. The van der Waals surface area contributed by atoms with Gasteiger partial charge < -0.3 is 19.4 Å². The van der Waals surface area contributed by atoms with E-state index >= 15 is 0 Å². The summed E-state index contributed by atoms with van der Waals surface area (Å²) in [5, 5.41) is 4.56. The molecule has 2 aliphatic rings. The maximum atomic E-state index is 12.0. The van der Waals surface area contributed by atoms with E-state index in [-0.39, 0.29) is 6.09 Å². The molecular weight excluding hydrogens is 426 g/mol. The number of nitrogens with zero attached hydrogens (tertiary/aromatic N) is 5. The highest BCUT2D eigenvalue weighted by atomic mass is 16.6. The average molecular weight is 462 g/mol. The van der Waals surface area contributed by atoms with Crippen LogP contribution in [0.2, 0.25) is 0 Å². The first kappa shape index (κ1) is 22.7. The van der Waals surface area contributed by atoms with Crippen LogP contribution in [-0.4, -0.2) is 77.4 Å². The predicted molar refractivity (Wildman–Crippen MR) is 136 cm³/mol. The zero-order valence-corrected chi connectivity index (χ0v) is 20.5. The molecule has 0 saturated carbocycles. The molecule has 1 amide bonds. The number of likely N-dealkylation sites (tertiary alicyclic amines) is 1. The Hall–Kier alpha value is -3.06. The molecular formula is C27H35N5O2. The molecule has 34 heavy (non-hydrogen) atoms. The van der Waals surface area contributed by atoms with E-state index in [0.717, 1.165) is 30.8 Å². The van der Waals surface area contributed by atoms with Crippen molar-refractivity contribution in [1.29, 1.82) is 0 Å². The minimum atomic E-state index is -0.218. The van der Waals surface area contributed by atoms with Crippen molar-refractivity contribution >= 4 is 17.3 Å². The third-order valence-corrected chi connectivity index (χ3v) is 7.30. The Labute approximate surface area is 201 Å². The molecule has 2 aliphatic heterocycles. The van der Waals surface area contributed by atoms with Crippen LogP contribution in [-0.2, 0) is 4.74 Å². The van der Waals surface area contributed by atoms with E-state index in [1.807, 2.05) is 17.6 Å². The fourth-order valence-electron chi connectivity index (χ4n) is 5.25. The van der Waals surface area contributed by atoms with E-state index < -0.39 is 0 Å². The highest BCUT2D eigenvalue weighted by molar-refractivity contribution is 5.80. The second kappa shape index (κ2) is 9.66. The third kappa shape index (κ3) is 4.49. The Kier molecular flexibility index (Phi) is 6.46. The van der Waals surface area contributed by atoms with Gasteiger partial charge in [-0.2, -0.15) is 5.10 Å². The molecule has 2 fully saturated rings. The first-order valence-corrected chi connectivity index (χ1v) is 12.5. The van der Waals surface area contributed by atoms with E-state index in [4.69, 9.17) is 4.74 Å². The quantitative estimate of drug-likeness (QED) is 0.561. The molecule has 4 heterocycles. The number of piperazine rings is 1. The van der Waals surface area contributed by atoms with Gasteiger partial charge in [0.15, 0.2) is 0 Å². The normalized spacial score (nSPS) is 19.4. The van der Waals surface area contributed by atoms with Gasteiger partial charge in [-0.15, -0.1) is 0 Å². The van der Waals surface area contributed by atoms with Crippen LogP contribution in [0.3, 0.4) is 0 Å². The monoisotopic (exact) mass is 461 g/mol. The molecule has 7 heteroatoms. The van der Waals surface area contributed by atoms with E-state index in [9.17, 15) is 4.79 Å². The third-order valence-electron chi connectivity index (χ3n) is 7.30. The topological polar surface area (TPSA) is 53.3 Å². The van der Waals surface area contributed by atoms with Crippen molar-refractivity contribution in [3.05, 3.63) is 54.4 Å². The molecule has 1 aromatic carbocycles. The van der Waals surface area contributed by atoms with Crippen LogP contribution in [0.1, 0.15) is 38.7 Å². The number of ether oxygens (including phenoxy) is 1.